The van der Waals surface area contributed by atoms with E-state index in [1.54, 1.807) is 12.3 Å². The number of carbonyl (C=O) groups is 2. The Morgan fingerprint density at radius 2 is 2.26 bits per heavy atom. The second kappa shape index (κ2) is 5.06. The Bertz CT molecular complexity index is 633. The summed E-state index contributed by atoms with van der Waals surface area (Å²) in [6.45, 7) is 1.77. The maximum Gasteiger partial charge on any atom is 0.350 e. The third-order valence-electron chi connectivity index (χ3n) is 2.30. The van der Waals surface area contributed by atoms with Gasteiger partial charge in [0.05, 0.1) is 12.8 Å². The van der Waals surface area contributed by atoms with Crippen LogP contribution in [-0.2, 0) is 4.74 Å². The number of H-pyrrole nitrogens is 1. The SMILES string of the molecule is COC(=O)c1scc(C)c1NC(=O)c1nc(N)n[nH]1. The minimum Gasteiger partial charge on any atom is -0.465 e. The van der Waals surface area contributed by atoms with E-state index in [1.165, 1.54) is 18.4 Å². The van der Waals surface area contributed by atoms with Gasteiger partial charge < -0.3 is 15.8 Å². The molecule has 2 aromatic heterocycles. The number of amides is 1. The zero-order valence-corrected chi connectivity index (χ0v) is 11.0. The van der Waals surface area contributed by atoms with Gasteiger partial charge in [-0.15, -0.1) is 16.4 Å². The number of nitrogens with zero attached hydrogens (tertiary/aromatic N) is 2. The van der Waals surface area contributed by atoms with Crippen LogP contribution < -0.4 is 11.1 Å². The van der Waals surface area contributed by atoms with Gasteiger partial charge in [-0.2, -0.15) is 4.98 Å². The summed E-state index contributed by atoms with van der Waals surface area (Å²) in [6, 6.07) is 0. The van der Waals surface area contributed by atoms with Gasteiger partial charge in [0.2, 0.25) is 11.8 Å². The van der Waals surface area contributed by atoms with Crippen molar-refractivity contribution in [2.75, 3.05) is 18.2 Å². The summed E-state index contributed by atoms with van der Waals surface area (Å²) >= 11 is 1.19. The van der Waals surface area contributed by atoms with Gasteiger partial charge >= 0.3 is 5.97 Å². The van der Waals surface area contributed by atoms with Crippen molar-refractivity contribution < 1.29 is 14.3 Å². The lowest BCUT2D eigenvalue weighted by molar-refractivity contribution is 0.0607. The molecule has 0 atom stereocenters. The van der Waals surface area contributed by atoms with Crippen LogP contribution in [0.1, 0.15) is 25.9 Å². The average Bonchev–Trinajstić information content (AvgIpc) is 2.96. The number of anilines is 2. The number of nitrogens with two attached hydrogens (primary N) is 1. The van der Waals surface area contributed by atoms with Crippen molar-refractivity contribution in [3.63, 3.8) is 0 Å². The fourth-order valence-electron chi connectivity index (χ4n) is 1.39. The van der Waals surface area contributed by atoms with E-state index in [9.17, 15) is 9.59 Å². The van der Waals surface area contributed by atoms with Crippen LogP contribution in [0, 0.1) is 6.92 Å². The minimum atomic E-state index is -0.532. The number of aromatic nitrogens is 3. The summed E-state index contributed by atoms with van der Waals surface area (Å²) in [5, 5.41) is 10.3. The lowest BCUT2D eigenvalue weighted by atomic mass is 10.2. The van der Waals surface area contributed by atoms with Crippen molar-refractivity contribution in [2.24, 2.45) is 0 Å². The van der Waals surface area contributed by atoms with Crippen LogP contribution in [0.15, 0.2) is 5.38 Å². The van der Waals surface area contributed by atoms with Crippen LogP contribution in [0.25, 0.3) is 0 Å². The van der Waals surface area contributed by atoms with Crippen molar-refractivity contribution in [1.29, 1.82) is 0 Å². The summed E-state index contributed by atoms with van der Waals surface area (Å²) in [4.78, 5) is 27.5. The number of thiophene rings is 1. The molecular weight excluding hydrogens is 270 g/mol. The van der Waals surface area contributed by atoms with Crippen LogP contribution in [0.4, 0.5) is 11.6 Å². The summed E-state index contributed by atoms with van der Waals surface area (Å²) in [5.41, 5.74) is 6.47. The van der Waals surface area contributed by atoms with Crippen molar-refractivity contribution in [3.8, 4) is 0 Å². The van der Waals surface area contributed by atoms with Crippen molar-refractivity contribution >= 4 is 34.8 Å². The maximum atomic E-state index is 11.9. The van der Waals surface area contributed by atoms with Crippen LogP contribution in [0.5, 0.6) is 0 Å². The first-order valence-corrected chi connectivity index (χ1v) is 6.06. The highest BCUT2D eigenvalue weighted by molar-refractivity contribution is 7.12. The molecule has 0 spiro atoms. The topological polar surface area (TPSA) is 123 Å². The van der Waals surface area contributed by atoms with E-state index in [0.29, 0.717) is 10.6 Å². The number of hydrogen-bond acceptors (Lipinski definition) is 7. The van der Waals surface area contributed by atoms with E-state index < -0.39 is 11.9 Å². The van der Waals surface area contributed by atoms with E-state index >= 15 is 0 Å². The number of aryl methyl sites for hydroxylation is 1. The molecule has 2 heterocycles. The van der Waals surface area contributed by atoms with Gasteiger partial charge in [0.15, 0.2) is 0 Å². The number of ether oxygens (including phenoxy) is 1. The van der Waals surface area contributed by atoms with Crippen LogP contribution in [0.2, 0.25) is 0 Å². The highest BCUT2D eigenvalue weighted by atomic mass is 32.1. The predicted octanol–water partition coefficient (Wildman–Crippen LogP) is 0.796. The molecule has 2 rings (SSSR count). The Kier molecular flexibility index (Phi) is 3.47. The van der Waals surface area contributed by atoms with Crippen LogP contribution in [-0.4, -0.2) is 34.2 Å². The van der Waals surface area contributed by atoms with Gasteiger partial charge in [-0.3, -0.25) is 9.89 Å². The normalized spacial score (nSPS) is 10.2. The first-order valence-electron chi connectivity index (χ1n) is 5.18. The van der Waals surface area contributed by atoms with Gasteiger partial charge in [0, 0.05) is 0 Å². The Labute approximate surface area is 112 Å². The van der Waals surface area contributed by atoms with Crippen molar-refractivity contribution in [3.05, 3.63) is 21.6 Å². The van der Waals surface area contributed by atoms with E-state index in [-0.39, 0.29) is 11.8 Å². The van der Waals surface area contributed by atoms with Gasteiger partial charge in [-0.1, -0.05) is 0 Å². The number of rotatable bonds is 3. The fraction of sp³-hybridized carbons (Fsp3) is 0.200. The molecule has 0 saturated heterocycles. The first kappa shape index (κ1) is 13.0. The molecule has 0 saturated carbocycles. The summed E-state index contributed by atoms with van der Waals surface area (Å²) in [5.74, 6) is -1.10. The maximum absolute atomic E-state index is 11.9. The zero-order chi connectivity index (χ0) is 14.0. The monoisotopic (exact) mass is 281 g/mol. The molecule has 0 radical (unpaired) electrons. The lowest BCUT2D eigenvalue weighted by Gasteiger charge is -2.05. The molecule has 19 heavy (non-hydrogen) atoms. The standard InChI is InChI=1S/C10H11N5O3S/c1-4-3-19-6(9(17)18-2)5(4)12-8(16)7-13-10(11)15-14-7/h3H,1-2H3,(H,12,16)(H3,11,13,14,15). The largest absolute Gasteiger partial charge is 0.465 e. The number of carbonyl (C=O) groups excluding carboxylic acids is 2. The van der Waals surface area contributed by atoms with Crippen LogP contribution in [0.3, 0.4) is 0 Å². The Balaban J connectivity index is 2.26. The molecular formula is C10H11N5O3S. The molecule has 9 heteroatoms. The molecule has 100 valence electrons. The Morgan fingerprint density at radius 3 is 2.84 bits per heavy atom. The number of nitrogen functional groups attached to an aromatic ring is 1. The average molecular weight is 281 g/mol. The molecule has 0 bridgehead atoms. The summed E-state index contributed by atoms with van der Waals surface area (Å²) in [7, 11) is 1.28. The molecule has 0 aromatic carbocycles. The fourth-order valence-corrected chi connectivity index (χ4v) is 2.31. The molecule has 8 nitrogen and oxygen atoms in total. The third kappa shape index (κ3) is 2.55. The van der Waals surface area contributed by atoms with Crippen molar-refractivity contribution in [1.82, 2.24) is 15.2 Å². The smallest absolute Gasteiger partial charge is 0.350 e. The van der Waals surface area contributed by atoms with Gasteiger partial charge in [0.1, 0.15) is 4.88 Å². The zero-order valence-electron chi connectivity index (χ0n) is 10.2. The summed E-state index contributed by atoms with van der Waals surface area (Å²) in [6.07, 6.45) is 0. The quantitative estimate of drug-likeness (QED) is 0.715. The molecule has 0 aliphatic carbocycles. The highest BCUT2D eigenvalue weighted by Crippen LogP contribution is 2.28. The molecule has 4 N–H and O–H groups in total. The number of nitrogens with one attached hydrogen (secondary N) is 2. The third-order valence-corrected chi connectivity index (χ3v) is 3.38. The number of esters is 1. The molecule has 0 aliphatic rings. The molecule has 0 aliphatic heterocycles. The predicted molar refractivity (Wildman–Crippen MR) is 69.1 cm³/mol. The van der Waals surface area contributed by atoms with E-state index in [4.69, 9.17) is 5.73 Å². The Morgan fingerprint density at radius 1 is 1.53 bits per heavy atom. The van der Waals surface area contributed by atoms with Crippen molar-refractivity contribution in [2.45, 2.75) is 6.92 Å². The van der Waals surface area contributed by atoms with Gasteiger partial charge in [-0.05, 0) is 17.9 Å². The first-order chi connectivity index (χ1) is 9.02. The molecule has 2 aromatic rings. The second-order valence-electron chi connectivity index (χ2n) is 3.61. The number of hydrogen-bond donors (Lipinski definition) is 3. The number of aromatic amines is 1. The molecule has 0 fully saturated rings. The lowest BCUT2D eigenvalue weighted by Crippen LogP contribution is -2.16. The van der Waals surface area contributed by atoms with Gasteiger partial charge in [-0.25, -0.2) is 4.79 Å². The van der Waals surface area contributed by atoms with E-state index in [0.717, 1.165) is 5.56 Å². The van der Waals surface area contributed by atoms with Crippen LogP contribution >= 0.6 is 11.3 Å². The minimum absolute atomic E-state index is 0.0274. The summed E-state index contributed by atoms with van der Waals surface area (Å²) < 4.78 is 4.65. The van der Waals surface area contributed by atoms with E-state index in [2.05, 4.69) is 25.2 Å². The van der Waals surface area contributed by atoms with Gasteiger partial charge in [0.25, 0.3) is 5.91 Å². The second-order valence-corrected chi connectivity index (χ2v) is 4.49. The Hall–Kier alpha value is -2.42. The molecule has 0 unspecified atom stereocenters. The van der Waals surface area contributed by atoms with E-state index in [1.807, 2.05) is 0 Å². The highest BCUT2D eigenvalue weighted by Gasteiger charge is 2.20. The number of methoxy groups -OCH3 is 1. The molecule has 1 amide bonds.